The van der Waals surface area contributed by atoms with Crippen molar-refractivity contribution in [3.8, 4) is 22.5 Å². The number of rotatable bonds is 13. The van der Waals surface area contributed by atoms with Crippen molar-refractivity contribution in [3.63, 3.8) is 0 Å². The van der Waals surface area contributed by atoms with Gasteiger partial charge >= 0.3 is 11.9 Å². The van der Waals surface area contributed by atoms with Gasteiger partial charge in [-0.2, -0.15) is 5.21 Å². The third kappa shape index (κ3) is 7.24. The van der Waals surface area contributed by atoms with Gasteiger partial charge in [0, 0.05) is 18.5 Å². The molecule has 0 spiro atoms. The minimum atomic E-state index is -1.30. The maximum Gasteiger partial charge on any atom is 0.359 e. The summed E-state index contributed by atoms with van der Waals surface area (Å²) in [4.78, 5) is 35.8. The van der Waals surface area contributed by atoms with E-state index in [0.29, 0.717) is 18.1 Å². The molecule has 6 rings (SSSR count). The van der Waals surface area contributed by atoms with Gasteiger partial charge in [0.2, 0.25) is 5.82 Å². The zero-order valence-electron chi connectivity index (χ0n) is 26.1. The molecule has 0 saturated carbocycles. The van der Waals surface area contributed by atoms with E-state index in [0.717, 1.165) is 35.1 Å². The summed E-state index contributed by atoms with van der Waals surface area (Å²) < 4.78 is 24.0. The minimum Gasteiger partial charge on any atom is -0.454 e. The van der Waals surface area contributed by atoms with Crippen LogP contribution in [0.25, 0.3) is 22.5 Å². The normalized spacial score (nSPS) is 21.0. The second kappa shape index (κ2) is 14.9. The van der Waals surface area contributed by atoms with Crippen LogP contribution in [0, 0.1) is 0 Å². The number of aryl methyl sites for hydroxylation is 1. The lowest BCUT2D eigenvalue weighted by molar-refractivity contribution is -0.507. The van der Waals surface area contributed by atoms with Crippen molar-refractivity contribution in [1.82, 2.24) is 35.6 Å². The van der Waals surface area contributed by atoms with Gasteiger partial charge in [-0.05, 0) is 35.2 Å². The van der Waals surface area contributed by atoms with E-state index in [1.165, 1.54) is 6.92 Å². The first-order valence-corrected chi connectivity index (χ1v) is 15.8. The molecule has 5 atom stereocenters. The Kier molecular flexibility index (Phi) is 10.4. The molecule has 2 aliphatic rings. The van der Waals surface area contributed by atoms with Crippen LogP contribution in [0.15, 0.2) is 48.5 Å². The third-order valence-corrected chi connectivity index (χ3v) is 8.41. The summed E-state index contributed by atoms with van der Waals surface area (Å²) in [6.45, 7) is 3.70. The highest BCUT2D eigenvalue weighted by atomic mass is 35.5. The smallest absolute Gasteiger partial charge is 0.359 e. The molecule has 2 saturated heterocycles. The maximum atomic E-state index is 13.5. The molecule has 0 radical (unpaired) electrons. The van der Waals surface area contributed by atoms with Crippen molar-refractivity contribution in [1.29, 1.82) is 0 Å². The SMILES string of the molecule is CCCCc1nc(Cl)c(C(=O)O[C@H](C)C(=O)O[C@H]2CO[C@H]3[C@@H]2OC[C@H]3ON(O)O)n1Cc1ccc(-c2ccccc2-c2nn[nH]n2)cc1. The van der Waals surface area contributed by atoms with Crippen molar-refractivity contribution in [2.24, 2.45) is 0 Å². The van der Waals surface area contributed by atoms with E-state index in [9.17, 15) is 9.59 Å². The largest absolute Gasteiger partial charge is 0.454 e. The van der Waals surface area contributed by atoms with Gasteiger partial charge < -0.3 is 23.5 Å². The summed E-state index contributed by atoms with van der Waals surface area (Å²) in [5.74, 6) is -0.550. The van der Waals surface area contributed by atoms with Crippen molar-refractivity contribution >= 4 is 23.5 Å². The molecular weight excluding hydrogens is 650 g/mol. The maximum absolute atomic E-state index is 13.5. The molecule has 2 aliphatic heterocycles. The molecule has 17 heteroatoms. The van der Waals surface area contributed by atoms with Crippen LogP contribution in [-0.4, -0.2) is 102 Å². The van der Waals surface area contributed by atoms with E-state index < -0.39 is 47.8 Å². The number of esters is 2. The molecule has 4 heterocycles. The summed E-state index contributed by atoms with van der Waals surface area (Å²) in [5.41, 5.74) is 3.60. The van der Waals surface area contributed by atoms with Gasteiger partial charge in [0.05, 0.1) is 18.6 Å². The van der Waals surface area contributed by atoms with Gasteiger partial charge in [-0.1, -0.05) is 73.5 Å². The van der Waals surface area contributed by atoms with Gasteiger partial charge in [0.15, 0.2) is 23.1 Å². The van der Waals surface area contributed by atoms with Crippen molar-refractivity contribution < 1.29 is 43.8 Å². The number of carbonyl (C=O) groups is 2. The van der Waals surface area contributed by atoms with Gasteiger partial charge in [0.25, 0.3) is 0 Å². The summed E-state index contributed by atoms with van der Waals surface area (Å²) in [6.07, 6.45) is -2.00. The highest BCUT2D eigenvalue weighted by Crippen LogP contribution is 2.32. The number of benzene rings is 2. The average Bonchev–Trinajstić information content (AvgIpc) is 3.87. The number of aromatic nitrogens is 6. The van der Waals surface area contributed by atoms with Crippen LogP contribution >= 0.6 is 11.6 Å². The molecule has 0 bridgehead atoms. The number of tetrazole rings is 1. The van der Waals surface area contributed by atoms with Crippen LogP contribution in [0.1, 0.15) is 48.6 Å². The molecule has 2 aromatic carbocycles. The predicted octanol–water partition coefficient (Wildman–Crippen LogP) is 3.41. The number of halogens is 1. The predicted molar refractivity (Wildman–Crippen MR) is 165 cm³/mol. The Morgan fingerprint density at radius 1 is 1.08 bits per heavy atom. The number of hydrogen-bond donors (Lipinski definition) is 3. The van der Waals surface area contributed by atoms with E-state index in [2.05, 4.69) is 32.5 Å². The first-order valence-electron chi connectivity index (χ1n) is 15.4. The van der Waals surface area contributed by atoms with Crippen LogP contribution in [0.2, 0.25) is 5.15 Å². The van der Waals surface area contributed by atoms with Crippen molar-refractivity contribution in [3.05, 3.63) is 70.8 Å². The highest BCUT2D eigenvalue weighted by molar-refractivity contribution is 6.32. The van der Waals surface area contributed by atoms with E-state index in [1.807, 2.05) is 48.5 Å². The number of unbranched alkanes of at least 4 members (excludes halogenated alkanes) is 1. The average molecular weight is 684 g/mol. The van der Waals surface area contributed by atoms with Gasteiger partial charge in [0.1, 0.15) is 24.1 Å². The summed E-state index contributed by atoms with van der Waals surface area (Å²) in [7, 11) is 0. The fourth-order valence-electron chi connectivity index (χ4n) is 5.79. The van der Waals surface area contributed by atoms with E-state index in [1.54, 1.807) is 4.57 Å². The van der Waals surface area contributed by atoms with Crippen LogP contribution in [0.3, 0.4) is 0 Å². The number of nitrogens with one attached hydrogen (secondary N) is 1. The number of H-pyrrole nitrogens is 1. The standard InChI is InChI=1S/C31H34ClN7O9/c1-3-4-9-24-33-28(32)25(31(41)46-17(2)30(40)47-22-15-44-27-23(48-39(42)43)16-45-26(22)27)38(24)14-18-10-12-19(13-11-18)20-7-5-6-8-21(20)29-34-36-37-35-29/h5-8,10-13,17,22-23,26-27,42-43H,3-4,9,14-16H2,1-2H3,(H,34,35,36,37)/t17-,22+,23-,26-,27-/m1/s1. The summed E-state index contributed by atoms with van der Waals surface area (Å²) in [5, 5.41) is 31.8. The molecule has 2 aromatic heterocycles. The van der Waals surface area contributed by atoms with Crippen molar-refractivity contribution in [2.75, 3.05) is 13.2 Å². The summed E-state index contributed by atoms with van der Waals surface area (Å²) >= 11 is 6.52. The number of ether oxygens (including phenoxy) is 4. The van der Waals surface area contributed by atoms with Crippen LogP contribution in [-0.2, 0) is 41.5 Å². The molecule has 254 valence electrons. The number of aromatic amines is 1. The Balaban J connectivity index is 1.15. The zero-order valence-corrected chi connectivity index (χ0v) is 26.8. The van der Waals surface area contributed by atoms with Crippen LogP contribution < -0.4 is 0 Å². The second-order valence-electron chi connectivity index (χ2n) is 11.4. The minimum absolute atomic E-state index is 0.00925. The topological polar surface area (TPSA) is 196 Å². The number of hydrogen-bond acceptors (Lipinski definition) is 14. The zero-order chi connectivity index (χ0) is 33.8. The van der Waals surface area contributed by atoms with Crippen LogP contribution in [0.5, 0.6) is 0 Å². The monoisotopic (exact) mass is 683 g/mol. The van der Waals surface area contributed by atoms with E-state index in [-0.39, 0.29) is 30.6 Å². The Labute approximate surface area is 279 Å². The molecule has 0 amide bonds. The Bertz CT molecular complexity index is 1720. The highest BCUT2D eigenvalue weighted by Gasteiger charge is 2.51. The Morgan fingerprint density at radius 2 is 1.79 bits per heavy atom. The molecule has 48 heavy (non-hydrogen) atoms. The third-order valence-electron chi connectivity index (χ3n) is 8.15. The molecular formula is C31H34ClN7O9. The Morgan fingerprint density at radius 3 is 2.48 bits per heavy atom. The molecule has 3 N–H and O–H groups in total. The first-order chi connectivity index (χ1) is 23.2. The lowest BCUT2D eigenvalue weighted by atomic mass is 9.98. The molecule has 0 aliphatic carbocycles. The van der Waals surface area contributed by atoms with Gasteiger partial charge in [-0.15, -0.1) is 10.2 Å². The number of carbonyl (C=O) groups excluding carboxylic acids is 2. The Hall–Kier alpha value is -4.29. The second-order valence-corrected chi connectivity index (χ2v) is 11.7. The lowest BCUT2D eigenvalue weighted by Crippen LogP contribution is -2.39. The lowest BCUT2D eigenvalue weighted by Gasteiger charge is -2.20. The van der Waals surface area contributed by atoms with Crippen molar-refractivity contribution in [2.45, 2.75) is 70.2 Å². The molecule has 0 unspecified atom stereocenters. The van der Waals surface area contributed by atoms with Gasteiger partial charge in [-0.25, -0.2) is 19.4 Å². The van der Waals surface area contributed by atoms with Gasteiger partial charge in [-0.3, -0.25) is 10.4 Å². The van der Waals surface area contributed by atoms with E-state index in [4.69, 9.17) is 45.8 Å². The molecule has 2 fully saturated rings. The number of imidazole rings is 1. The number of nitrogens with zero attached hydrogens (tertiary/aromatic N) is 6. The fourth-order valence-corrected chi connectivity index (χ4v) is 6.06. The summed E-state index contributed by atoms with van der Waals surface area (Å²) in [6, 6.07) is 15.6. The van der Waals surface area contributed by atoms with E-state index >= 15 is 0 Å². The molecule has 16 nitrogen and oxygen atoms in total. The quantitative estimate of drug-likeness (QED) is 0.137. The fraction of sp³-hybridized carbons (Fsp3) is 0.419. The molecule has 4 aromatic rings. The van der Waals surface area contributed by atoms with Crippen LogP contribution in [0.4, 0.5) is 0 Å². The first kappa shape index (κ1) is 33.6. The number of fused-ring (bicyclic) bond motifs is 1.